The second-order valence-corrected chi connectivity index (χ2v) is 6.36. The molecule has 0 spiro atoms. The van der Waals surface area contributed by atoms with Gasteiger partial charge in [0.1, 0.15) is 0 Å². The van der Waals surface area contributed by atoms with E-state index in [-0.39, 0.29) is 0 Å². The zero-order chi connectivity index (χ0) is 14.5. The number of rotatable bonds is 6. The first-order valence-corrected chi connectivity index (χ1v) is 8.68. The quantitative estimate of drug-likeness (QED) is 0.772. The van der Waals surface area contributed by atoms with E-state index in [9.17, 15) is 0 Å². The summed E-state index contributed by atoms with van der Waals surface area (Å²) in [4.78, 5) is 0. The van der Waals surface area contributed by atoms with Crippen LogP contribution >= 0.6 is 0 Å². The zero-order valence-electron chi connectivity index (χ0n) is 13.3. The van der Waals surface area contributed by atoms with Gasteiger partial charge in [0.25, 0.3) is 0 Å². The van der Waals surface area contributed by atoms with E-state index in [0.717, 1.165) is 25.6 Å². The minimum Gasteiger partial charge on any atom is -0.347 e. The molecule has 0 saturated heterocycles. The number of fused-ring (bicyclic) bond motifs is 1. The normalized spacial score (nSPS) is 16.6. The Balaban J connectivity index is 1.55. The SMILES string of the molecule is CCc1cccc2ccn(CCCNC3CCCCC3)c12. The fraction of sp³-hybridized carbons (Fsp3) is 0.579. The second kappa shape index (κ2) is 7.13. The average Bonchev–Trinajstić information content (AvgIpc) is 2.96. The Labute approximate surface area is 128 Å². The van der Waals surface area contributed by atoms with Gasteiger partial charge < -0.3 is 9.88 Å². The molecule has 0 atom stereocenters. The van der Waals surface area contributed by atoms with E-state index in [1.54, 1.807) is 0 Å². The molecule has 1 saturated carbocycles. The molecular weight excluding hydrogens is 256 g/mol. The fourth-order valence-electron chi connectivity index (χ4n) is 3.67. The molecular formula is C19H28N2. The maximum atomic E-state index is 3.75. The van der Waals surface area contributed by atoms with Crippen molar-refractivity contribution in [3.8, 4) is 0 Å². The first-order chi connectivity index (χ1) is 10.4. The minimum atomic E-state index is 0.784. The predicted molar refractivity (Wildman–Crippen MR) is 90.8 cm³/mol. The van der Waals surface area contributed by atoms with Crippen LogP contribution in [0.4, 0.5) is 0 Å². The van der Waals surface area contributed by atoms with Crippen molar-refractivity contribution in [1.29, 1.82) is 0 Å². The molecule has 0 bridgehead atoms. The summed E-state index contributed by atoms with van der Waals surface area (Å²) in [6, 6.07) is 9.70. The highest BCUT2D eigenvalue weighted by molar-refractivity contribution is 5.83. The van der Waals surface area contributed by atoms with Crippen molar-refractivity contribution >= 4 is 10.9 Å². The average molecular weight is 284 g/mol. The van der Waals surface area contributed by atoms with Gasteiger partial charge in [-0.05, 0) is 49.2 Å². The standard InChI is InChI=1S/C19H28N2/c1-2-16-8-6-9-17-12-15-21(19(16)17)14-7-13-20-18-10-4-3-5-11-18/h6,8-9,12,15,18,20H,2-5,7,10-11,13-14H2,1H3. The molecule has 1 aromatic heterocycles. The van der Waals surface area contributed by atoms with Gasteiger partial charge in [0, 0.05) is 18.8 Å². The van der Waals surface area contributed by atoms with E-state index in [0.29, 0.717) is 0 Å². The van der Waals surface area contributed by atoms with Crippen molar-refractivity contribution in [1.82, 2.24) is 9.88 Å². The smallest absolute Gasteiger partial charge is 0.0512 e. The zero-order valence-corrected chi connectivity index (χ0v) is 13.3. The number of aryl methyl sites for hydroxylation is 2. The molecule has 2 aromatic rings. The number of nitrogens with one attached hydrogen (secondary N) is 1. The third-order valence-electron chi connectivity index (χ3n) is 4.87. The van der Waals surface area contributed by atoms with Crippen LogP contribution in [0, 0.1) is 0 Å². The van der Waals surface area contributed by atoms with Crippen LogP contribution in [0.5, 0.6) is 0 Å². The molecule has 2 nitrogen and oxygen atoms in total. The molecule has 114 valence electrons. The molecule has 0 unspecified atom stereocenters. The van der Waals surface area contributed by atoms with Gasteiger partial charge in [-0.1, -0.05) is 44.4 Å². The minimum absolute atomic E-state index is 0.784. The summed E-state index contributed by atoms with van der Waals surface area (Å²) in [5.74, 6) is 0. The van der Waals surface area contributed by atoms with E-state index < -0.39 is 0 Å². The van der Waals surface area contributed by atoms with Crippen molar-refractivity contribution in [3.63, 3.8) is 0 Å². The van der Waals surface area contributed by atoms with Gasteiger partial charge in [0.05, 0.1) is 5.52 Å². The number of aromatic nitrogens is 1. The van der Waals surface area contributed by atoms with Crippen LogP contribution in [0.25, 0.3) is 10.9 Å². The van der Waals surface area contributed by atoms with Gasteiger partial charge in [0.15, 0.2) is 0 Å². The summed E-state index contributed by atoms with van der Waals surface area (Å²) in [5.41, 5.74) is 2.91. The monoisotopic (exact) mass is 284 g/mol. The van der Waals surface area contributed by atoms with Crippen molar-refractivity contribution in [2.75, 3.05) is 6.54 Å². The molecule has 3 rings (SSSR count). The molecule has 1 aromatic carbocycles. The number of para-hydroxylation sites is 1. The lowest BCUT2D eigenvalue weighted by atomic mass is 9.95. The lowest BCUT2D eigenvalue weighted by molar-refractivity contribution is 0.369. The van der Waals surface area contributed by atoms with Gasteiger partial charge >= 0.3 is 0 Å². The number of hydrogen-bond acceptors (Lipinski definition) is 1. The van der Waals surface area contributed by atoms with Crippen LogP contribution in [-0.4, -0.2) is 17.2 Å². The summed E-state index contributed by atoms with van der Waals surface area (Å²) in [7, 11) is 0. The van der Waals surface area contributed by atoms with Crippen LogP contribution in [0.2, 0.25) is 0 Å². The summed E-state index contributed by atoms with van der Waals surface area (Å²) in [6.45, 7) is 4.52. The van der Waals surface area contributed by atoms with Crippen LogP contribution < -0.4 is 5.32 Å². The van der Waals surface area contributed by atoms with E-state index in [1.165, 1.54) is 55.0 Å². The van der Waals surface area contributed by atoms with Crippen LogP contribution in [-0.2, 0) is 13.0 Å². The van der Waals surface area contributed by atoms with Gasteiger partial charge in [-0.15, -0.1) is 0 Å². The molecule has 1 N–H and O–H groups in total. The predicted octanol–water partition coefficient (Wildman–Crippen LogP) is 4.52. The molecule has 0 radical (unpaired) electrons. The highest BCUT2D eigenvalue weighted by Gasteiger charge is 2.12. The lowest BCUT2D eigenvalue weighted by Crippen LogP contribution is -2.32. The van der Waals surface area contributed by atoms with Gasteiger partial charge in [-0.2, -0.15) is 0 Å². The Kier molecular flexibility index (Phi) is 4.97. The number of benzene rings is 1. The Morgan fingerprint density at radius 1 is 1.14 bits per heavy atom. The fourth-order valence-corrected chi connectivity index (χ4v) is 3.67. The first-order valence-electron chi connectivity index (χ1n) is 8.68. The van der Waals surface area contributed by atoms with Gasteiger partial charge in [-0.25, -0.2) is 0 Å². The Morgan fingerprint density at radius 2 is 2.00 bits per heavy atom. The molecule has 0 amide bonds. The Hall–Kier alpha value is -1.28. The summed E-state index contributed by atoms with van der Waals surface area (Å²) >= 11 is 0. The van der Waals surface area contributed by atoms with Gasteiger partial charge in [-0.3, -0.25) is 0 Å². The molecule has 0 aliphatic heterocycles. The highest BCUT2D eigenvalue weighted by Crippen LogP contribution is 2.21. The molecule has 1 fully saturated rings. The maximum absolute atomic E-state index is 3.75. The number of nitrogens with zero attached hydrogens (tertiary/aromatic N) is 1. The lowest BCUT2D eigenvalue weighted by Gasteiger charge is -2.22. The topological polar surface area (TPSA) is 17.0 Å². The third-order valence-corrected chi connectivity index (χ3v) is 4.87. The van der Waals surface area contributed by atoms with Crippen molar-refractivity contribution in [2.45, 2.75) is 64.5 Å². The number of hydrogen-bond donors (Lipinski definition) is 1. The van der Waals surface area contributed by atoms with E-state index >= 15 is 0 Å². The summed E-state index contributed by atoms with van der Waals surface area (Å²) in [6.07, 6.45) is 11.6. The second-order valence-electron chi connectivity index (χ2n) is 6.36. The molecule has 21 heavy (non-hydrogen) atoms. The summed E-state index contributed by atoms with van der Waals surface area (Å²) in [5, 5.41) is 5.13. The largest absolute Gasteiger partial charge is 0.347 e. The van der Waals surface area contributed by atoms with Crippen LogP contribution in [0.3, 0.4) is 0 Å². The van der Waals surface area contributed by atoms with Crippen LogP contribution in [0.1, 0.15) is 51.0 Å². The maximum Gasteiger partial charge on any atom is 0.0512 e. The van der Waals surface area contributed by atoms with Gasteiger partial charge in [0.2, 0.25) is 0 Å². The first kappa shape index (κ1) is 14.6. The van der Waals surface area contributed by atoms with Crippen LogP contribution in [0.15, 0.2) is 30.5 Å². The van der Waals surface area contributed by atoms with E-state index in [4.69, 9.17) is 0 Å². The summed E-state index contributed by atoms with van der Waals surface area (Å²) < 4.78 is 2.44. The van der Waals surface area contributed by atoms with Crippen molar-refractivity contribution in [2.24, 2.45) is 0 Å². The van der Waals surface area contributed by atoms with E-state index in [1.807, 2.05) is 0 Å². The van der Waals surface area contributed by atoms with Crippen molar-refractivity contribution < 1.29 is 0 Å². The Morgan fingerprint density at radius 3 is 2.81 bits per heavy atom. The molecule has 1 heterocycles. The third kappa shape index (κ3) is 3.49. The molecule has 2 heteroatoms. The highest BCUT2D eigenvalue weighted by atomic mass is 15.0. The van der Waals surface area contributed by atoms with E-state index in [2.05, 4.69) is 47.3 Å². The Bertz CT molecular complexity index is 564. The molecule has 1 aliphatic carbocycles. The van der Waals surface area contributed by atoms with Crippen molar-refractivity contribution in [3.05, 3.63) is 36.0 Å². The molecule has 1 aliphatic rings.